The topological polar surface area (TPSA) is 29.9 Å². The van der Waals surface area contributed by atoms with E-state index >= 15 is 0 Å². The van der Waals surface area contributed by atoms with Gasteiger partial charge in [-0.1, -0.05) is 39.5 Å². The van der Waals surface area contributed by atoms with Crippen molar-refractivity contribution in [3.05, 3.63) is 12.4 Å². The molecular weight excluding hydrogens is 210 g/mol. The number of nitrogens with one attached hydrogen (secondary N) is 1. The van der Waals surface area contributed by atoms with Gasteiger partial charge in [0.25, 0.3) is 0 Å². The van der Waals surface area contributed by atoms with Gasteiger partial charge in [-0.3, -0.25) is 0 Å². The van der Waals surface area contributed by atoms with Crippen LogP contribution in [0.15, 0.2) is 12.4 Å². The molecule has 1 heterocycles. The SMILES string of the molecule is CCCCCC(C)n1ccnc1NCCCC. The Morgan fingerprint density at radius 1 is 1.24 bits per heavy atom. The standard InChI is InChI=1S/C14H27N3/c1-4-6-8-9-13(3)17-12-11-16-14(17)15-10-7-5-2/h11-13H,4-10H2,1-3H3,(H,15,16). The molecule has 0 saturated heterocycles. The van der Waals surface area contributed by atoms with Gasteiger partial charge in [-0.15, -0.1) is 0 Å². The zero-order chi connectivity index (χ0) is 12.5. The van der Waals surface area contributed by atoms with Gasteiger partial charge in [0, 0.05) is 25.0 Å². The number of rotatable bonds is 9. The van der Waals surface area contributed by atoms with E-state index in [4.69, 9.17) is 0 Å². The number of anilines is 1. The van der Waals surface area contributed by atoms with Crippen molar-refractivity contribution >= 4 is 5.95 Å². The van der Waals surface area contributed by atoms with E-state index in [2.05, 4.69) is 41.8 Å². The summed E-state index contributed by atoms with van der Waals surface area (Å²) in [5, 5.41) is 3.42. The van der Waals surface area contributed by atoms with Gasteiger partial charge in [0.1, 0.15) is 0 Å². The molecule has 3 heteroatoms. The fraction of sp³-hybridized carbons (Fsp3) is 0.786. The quantitative estimate of drug-likeness (QED) is 0.651. The van der Waals surface area contributed by atoms with E-state index in [9.17, 15) is 0 Å². The van der Waals surface area contributed by atoms with Gasteiger partial charge in [0.2, 0.25) is 5.95 Å². The number of imidazole rings is 1. The molecule has 1 unspecified atom stereocenters. The van der Waals surface area contributed by atoms with Gasteiger partial charge in [-0.25, -0.2) is 4.98 Å². The number of hydrogen-bond donors (Lipinski definition) is 1. The largest absolute Gasteiger partial charge is 0.356 e. The normalized spacial score (nSPS) is 12.6. The van der Waals surface area contributed by atoms with Gasteiger partial charge in [0.15, 0.2) is 0 Å². The molecule has 0 fully saturated rings. The number of unbranched alkanes of at least 4 members (excludes halogenated alkanes) is 3. The molecule has 0 aromatic carbocycles. The maximum absolute atomic E-state index is 4.39. The molecule has 1 atom stereocenters. The van der Waals surface area contributed by atoms with Crippen LogP contribution in [0.1, 0.15) is 65.3 Å². The molecule has 1 aromatic rings. The Morgan fingerprint density at radius 3 is 2.71 bits per heavy atom. The number of aromatic nitrogens is 2. The van der Waals surface area contributed by atoms with Crippen LogP contribution >= 0.6 is 0 Å². The molecule has 0 saturated carbocycles. The lowest BCUT2D eigenvalue weighted by Crippen LogP contribution is -2.11. The van der Waals surface area contributed by atoms with Crippen molar-refractivity contribution in [2.24, 2.45) is 0 Å². The summed E-state index contributed by atoms with van der Waals surface area (Å²) in [5.74, 6) is 1.03. The van der Waals surface area contributed by atoms with Crippen molar-refractivity contribution in [1.82, 2.24) is 9.55 Å². The average molecular weight is 237 g/mol. The second kappa shape index (κ2) is 8.15. The Kier molecular flexibility index (Phi) is 6.75. The van der Waals surface area contributed by atoms with Crippen molar-refractivity contribution in [1.29, 1.82) is 0 Å². The minimum Gasteiger partial charge on any atom is -0.356 e. The smallest absolute Gasteiger partial charge is 0.203 e. The van der Waals surface area contributed by atoms with Gasteiger partial charge >= 0.3 is 0 Å². The molecule has 0 amide bonds. The monoisotopic (exact) mass is 237 g/mol. The zero-order valence-corrected chi connectivity index (χ0v) is 11.6. The Balaban J connectivity index is 2.43. The molecule has 1 N–H and O–H groups in total. The Hall–Kier alpha value is -0.990. The van der Waals surface area contributed by atoms with Gasteiger partial charge in [-0.05, 0) is 19.8 Å². The first kappa shape index (κ1) is 14.1. The molecule has 0 aliphatic rings. The molecular formula is C14H27N3. The first-order chi connectivity index (χ1) is 8.29. The second-order valence-electron chi connectivity index (χ2n) is 4.78. The summed E-state index contributed by atoms with van der Waals surface area (Å²) in [5.41, 5.74) is 0. The summed E-state index contributed by atoms with van der Waals surface area (Å²) in [6.07, 6.45) is 11.6. The zero-order valence-electron chi connectivity index (χ0n) is 11.6. The molecule has 3 nitrogen and oxygen atoms in total. The Morgan fingerprint density at radius 2 is 2.00 bits per heavy atom. The third kappa shape index (κ3) is 4.80. The Labute approximate surface area is 106 Å². The predicted octanol–water partition coefficient (Wildman–Crippen LogP) is 4.24. The van der Waals surface area contributed by atoms with E-state index in [0.29, 0.717) is 6.04 Å². The van der Waals surface area contributed by atoms with Crippen LogP contribution < -0.4 is 5.32 Å². The van der Waals surface area contributed by atoms with Gasteiger partial charge in [0.05, 0.1) is 0 Å². The molecule has 1 rings (SSSR count). The molecule has 0 bridgehead atoms. The molecule has 98 valence electrons. The fourth-order valence-electron chi connectivity index (χ4n) is 2.01. The summed E-state index contributed by atoms with van der Waals surface area (Å²) >= 11 is 0. The fourth-order valence-corrected chi connectivity index (χ4v) is 2.01. The lowest BCUT2D eigenvalue weighted by Gasteiger charge is -2.16. The maximum Gasteiger partial charge on any atom is 0.203 e. The number of nitrogens with zero attached hydrogens (tertiary/aromatic N) is 2. The highest BCUT2D eigenvalue weighted by Gasteiger charge is 2.08. The third-order valence-corrected chi connectivity index (χ3v) is 3.18. The van der Waals surface area contributed by atoms with E-state index in [1.54, 1.807) is 0 Å². The summed E-state index contributed by atoms with van der Waals surface area (Å²) in [4.78, 5) is 4.39. The van der Waals surface area contributed by atoms with Crippen LogP contribution in [0.4, 0.5) is 5.95 Å². The third-order valence-electron chi connectivity index (χ3n) is 3.18. The maximum atomic E-state index is 4.39. The summed E-state index contributed by atoms with van der Waals surface area (Å²) < 4.78 is 2.27. The molecule has 0 aliphatic heterocycles. The lowest BCUT2D eigenvalue weighted by molar-refractivity contribution is 0.480. The minimum atomic E-state index is 0.549. The van der Waals surface area contributed by atoms with E-state index in [1.165, 1.54) is 38.5 Å². The van der Waals surface area contributed by atoms with E-state index in [-0.39, 0.29) is 0 Å². The van der Waals surface area contributed by atoms with Crippen LogP contribution in [-0.2, 0) is 0 Å². The molecule has 0 aliphatic carbocycles. The van der Waals surface area contributed by atoms with Crippen LogP contribution in [-0.4, -0.2) is 16.1 Å². The van der Waals surface area contributed by atoms with Crippen LogP contribution in [0.2, 0.25) is 0 Å². The molecule has 0 radical (unpaired) electrons. The highest BCUT2D eigenvalue weighted by molar-refractivity contribution is 5.26. The highest BCUT2D eigenvalue weighted by atomic mass is 15.2. The van der Waals surface area contributed by atoms with E-state index in [1.807, 2.05) is 6.20 Å². The Bertz CT molecular complexity index is 293. The molecule has 0 spiro atoms. The average Bonchev–Trinajstić information content (AvgIpc) is 2.78. The molecule has 17 heavy (non-hydrogen) atoms. The van der Waals surface area contributed by atoms with Crippen molar-refractivity contribution < 1.29 is 0 Å². The van der Waals surface area contributed by atoms with Crippen LogP contribution in [0.25, 0.3) is 0 Å². The van der Waals surface area contributed by atoms with Crippen molar-refractivity contribution in [3.8, 4) is 0 Å². The van der Waals surface area contributed by atoms with Crippen molar-refractivity contribution in [2.45, 2.75) is 65.3 Å². The van der Waals surface area contributed by atoms with E-state index < -0.39 is 0 Å². The van der Waals surface area contributed by atoms with Gasteiger partial charge in [-0.2, -0.15) is 0 Å². The summed E-state index contributed by atoms with van der Waals surface area (Å²) in [6, 6.07) is 0.549. The van der Waals surface area contributed by atoms with Crippen LogP contribution in [0, 0.1) is 0 Å². The molecule has 1 aromatic heterocycles. The van der Waals surface area contributed by atoms with Crippen molar-refractivity contribution in [3.63, 3.8) is 0 Å². The van der Waals surface area contributed by atoms with Crippen molar-refractivity contribution in [2.75, 3.05) is 11.9 Å². The first-order valence-electron chi connectivity index (χ1n) is 7.06. The second-order valence-corrected chi connectivity index (χ2v) is 4.78. The highest BCUT2D eigenvalue weighted by Crippen LogP contribution is 2.19. The summed E-state index contributed by atoms with van der Waals surface area (Å²) in [7, 11) is 0. The summed E-state index contributed by atoms with van der Waals surface area (Å²) in [6.45, 7) is 7.76. The number of hydrogen-bond acceptors (Lipinski definition) is 2. The predicted molar refractivity (Wildman–Crippen MR) is 74.5 cm³/mol. The minimum absolute atomic E-state index is 0.549. The van der Waals surface area contributed by atoms with Gasteiger partial charge < -0.3 is 9.88 Å². The first-order valence-corrected chi connectivity index (χ1v) is 7.06. The van der Waals surface area contributed by atoms with E-state index in [0.717, 1.165) is 12.5 Å². The lowest BCUT2D eigenvalue weighted by atomic mass is 10.1. The van der Waals surface area contributed by atoms with Crippen LogP contribution in [0.5, 0.6) is 0 Å². The van der Waals surface area contributed by atoms with Crippen LogP contribution in [0.3, 0.4) is 0 Å².